The van der Waals surface area contributed by atoms with Gasteiger partial charge in [0, 0.05) is 29.8 Å². The average molecular weight is 339 g/mol. The highest BCUT2D eigenvalue weighted by Crippen LogP contribution is 2.36. The molecule has 3 nitrogen and oxygen atoms in total. The van der Waals surface area contributed by atoms with Gasteiger partial charge in [0.2, 0.25) is 0 Å². The van der Waals surface area contributed by atoms with Crippen molar-refractivity contribution in [3.05, 3.63) is 60.3 Å². The van der Waals surface area contributed by atoms with Crippen molar-refractivity contribution in [1.82, 2.24) is 9.97 Å². The quantitative estimate of drug-likeness (QED) is 0.674. The lowest BCUT2D eigenvalue weighted by atomic mass is 10.1. The molecule has 0 spiro atoms. The van der Waals surface area contributed by atoms with Gasteiger partial charge in [0.1, 0.15) is 5.82 Å². The van der Waals surface area contributed by atoms with Crippen LogP contribution in [0, 0.1) is 5.82 Å². The maximum atomic E-state index is 13.9. The zero-order valence-electron chi connectivity index (χ0n) is 11.4. The smallest absolute Gasteiger partial charge is 0.331 e. The van der Waals surface area contributed by atoms with Gasteiger partial charge in [0.25, 0.3) is 0 Å². The zero-order valence-corrected chi connectivity index (χ0v) is 12.2. The molecule has 0 saturated carbocycles. The second-order valence-corrected chi connectivity index (χ2v) is 5.61. The molecule has 23 heavy (non-hydrogen) atoms. The van der Waals surface area contributed by atoms with Gasteiger partial charge in [-0.15, -0.1) is 0 Å². The number of alkyl halides is 3. The van der Waals surface area contributed by atoms with Crippen molar-refractivity contribution in [2.75, 3.05) is 5.32 Å². The third-order valence-electron chi connectivity index (χ3n) is 3.00. The van der Waals surface area contributed by atoms with Gasteiger partial charge in [0.05, 0.1) is 10.4 Å². The first kappa shape index (κ1) is 15.4. The first-order valence-corrected chi connectivity index (χ1v) is 7.25. The van der Waals surface area contributed by atoms with Gasteiger partial charge in [-0.1, -0.05) is 11.3 Å². The SMILES string of the molecule is Fc1ccc(C(F)(F)F)cc1-c1cnc(Nc2ccncc2)s1. The fraction of sp³-hybridized carbons (Fsp3) is 0.0667. The maximum Gasteiger partial charge on any atom is 0.416 e. The molecule has 118 valence electrons. The normalized spacial score (nSPS) is 11.5. The Hall–Kier alpha value is -2.48. The van der Waals surface area contributed by atoms with E-state index in [0.29, 0.717) is 10.0 Å². The lowest BCUT2D eigenvalue weighted by molar-refractivity contribution is -0.137. The van der Waals surface area contributed by atoms with Crippen LogP contribution in [-0.4, -0.2) is 9.97 Å². The van der Waals surface area contributed by atoms with Crippen LogP contribution in [0.4, 0.5) is 28.4 Å². The van der Waals surface area contributed by atoms with Crippen LogP contribution in [0.5, 0.6) is 0 Å². The third-order valence-corrected chi connectivity index (χ3v) is 3.94. The fourth-order valence-corrected chi connectivity index (χ4v) is 2.76. The van der Waals surface area contributed by atoms with E-state index >= 15 is 0 Å². The largest absolute Gasteiger partial charge is 0.416 e. The van der Waals surface area contributed by atoms with E-state index in [2.05, 4.69) is 15.3 Å². The molecule has 0 fully saturated rings. The Morgan fingerprint density at radius 2 is 1.78 bits per heavy atom. The van der Waals surface area contributed by atoms with Crippen LogP contribution >= 0.6 is 11.3 Å². The van der Waals surface area contributed by atoms with Crippen molar-refractivity contribution in [3.63, 3.8) is 0 Å². The number of nitrogens with one attached hydrogen (secondary N) is 1. The number of benzene rings is 1. The molecule has 0 radical (unpaired) electrons. The van der Waals surface area contributed by atoms with E-state index in [1.165, 1.54) is 6.20 Å². The third kappa shape index (κ3) is 3.48. The molecule has 2 aromatic heterocycles. The van der Waals surface area contributed by atoms with Crippen molar-refractivity contribution in [2.24, 2.45) is 0 Å². The summed E-state index contributed by atoms with van der Waals surface area (Å²) in [6, 6.07) is 5.75. The minimum absolute atomic E-state index is 0.125. The number of hydrogen-bond acceptors (Lipinski definition) is 4. The number of nitrogens with zero attached hydrogens (tertiary/aromatic N) is 2. The molecule has 1 N–H and O–H groups in total. The highest BCUT2D eigenvalue weighted by atomic mass is 32.1. The molecule has 0 aliphatic rings. The predicted molar refractivity (Wildman–Crippen MR) is 80.0 cm³/mol. The summed E-state index contributed by atoms with van der Waals surface area (Å²) in [4.78, 5) is 8.24. The van der Waals surface area contributed by atoms with E-state index in [9.17, 15) is 17.6 Å². The van der Waals surface area contributed by atoms with E-state index < -0.39 is 17.6 Å². The number of pyridine rings is 1. The Morgan fingerprint density at radius 3 is 2.48 bits per heavy atom. The van der Waals surface area contributed by atoms with Crippen molar-refractivity contribution in [2.45, 2.75) is 6.18 Å². The molecule has 3 rings (SSSR count). The summed E-state index contributed by atoms with van der Waals surface area (Å²) in [5.41, 5.74) is -0.295. The molecule has 0 amide bonds. The maximum absolute atomic E-state index is 13.9. The minimum atomic E-state index is -4.52. The van der Waals surface area contributed by atoms with Crippen LogP contribution in [0.3, 0.4) is 0 Å². The van der Waals surface area contributed by atoms with E-state index in [4.69, 9.17) is 0 Å². The Kier molecular flexibility index (Phi) is 3.99. The summed E-state index contributed by atoms with van der Waals surface area (Å²) >= 11 is 1.06. The lowest BCUT2D eigenvalue weighted by Gasteiger charge is -2.08. The van der Waals surface area contributed by atoms with Crippen LogP contribution in [-0.2, 0) is 6.18 Å². The molecule has 0 unspecified atom stereocenters. The van der Waals surface area contributed by atoms with Gasteiger partial charge in [-0.3, -0.25) is 4.98 Å². The highest BCUT2D eigenvalue weighted by molar-refractivity contribution is 7.18. The van der Waals surface area contributed by atoms with Crippen molar-refractivity contribution >= 4 is 22.2 Å². The molecule has 0 saturated heterocycles. The van der Waals surface area contributed by atoms with Crippen molar-refractivity contribution in [1.29, 1.82) is 0 Å². The summed E-state index contributed by atoms with van der Waals surface area (Å²) in [6.45, 7) is 0. The molecule has 1 aromatic carbocycles. The van der Waals surface area contributed by atoms with Crippen molar-refractivity contribution < 1.29 is 17.6 Å². The molecule has 3 aromatic rings. The number of thiazole rings is 1. The van der Waals surface area contributed by atoms with Crippen molar-refractivity contribution in [3.8, 4) is 10.4 Å². The van der Waals surface area contributed by atoms with Crippen LogP contribution in [0.25, 0.3) is 10.4 Å². The topological polar surface area (TPSA) is 37.8 Å². The number of rotatable bonds is 3. The van der Waals surface area contributed by atoms with E-state index in [1.54, 1.807) is 24.5 Å². The fourth-order valence-electron chi connectivity index (χ4n) is 1.91. The first-order valence-electron chi connectivity index (χ1n) is 6.43. The highest BCUT2D eigenvalue weighted by Gasteiger charge is 2.31. The Bertz CT molecular complexity index is 815. The van der Waals surface area contributed by atoms with E-state index in [-0.39, 0.29) is 5.56 Å². The summed E-state index contributed by atoms with van der Waals surface area (Å²) in [5.74, 6) is -0.725. The van der Waals surface area contributed by atoms with Gasteiger partial charge >= 0.3 is 6.18 Å². The first-order chi connectivity index (χ1) is 10.9. The lowest BCUT2D eigenvalue weighted by Crippen LogP contribution is -2.05. The number of hydrogen-bond donors (Lipinski definition) is 1. The van der Waals surface area contributed by atoms with Crippen LogP contribution in [0.2, 0.25) is 0 Å². The summed E-state index contributed by atoms with van der Waals surface area (Å²) in [6.07, 6.45) is -0.00927. The number of aromatic nitrogens is 2. The molecule has 8 heteroatoms. The van der Waals surface area contributed by atoms with Crippen LogP contribution in [0.1, 0.15) is 5.56 Å². The monoisotopic (exact) mass is 339 g/mol. The minimum Gasteiger partial charge on any atom is -0.331 e. The van der Waals surface area contributed by atoms with Gasteiger partial charge in [0.15, 0.2) is 5.13 Å². The Labute approximate surface area is 132 Å². The second-order valence-electron chi connectivity index (χ2n) is 4.58. The molecule has 0 bridgehead atoms. The Morgan fingerprint density at radius 1 is 1.04 bits per heavy atom. The van der Waals surface area contributed by atoms with E-state index in [0.717, 1.165) is 35.2 Å². The molecular weight excluding hydrogens is 330 g/mol. The summed E-state index contributed by atoms with van der Waals surface area (Å²) < 4.78 is 52.1. The summed E-state index contributed by atoms with van der Waals surface area (Å²) in [7, 11) is 0. The molecular formula is C15H9F4N3S. The van der Waals surface area contributed by atoms with E-state index in [1.807, 2.05) is 0 Å². The number of halogens is 4. The molecule has 0 atom stereocenters. The Balaban J connectivity index is 1.91. The molecule has 0 aliphatic heterocycles. The number of anilines is 2. The zero-order chi connectivity index (χ0) is 16.4. The standard InChI is InChI=1S/C15H9F4N3S/c16-12-2-1-9(15(17,18)19)7-11(12)13-8-21-14(23-13)22-10-3-5-20-6-4-10/h1-8H,(H,20,21,22). The molecule has 0 aliphatic carbocycles. The van der Waals surface area contributed by atoms with Gasteiger partial charge in [-0.05, 0) is 30.3 Å². The summed E-state index contributed by atoms with van der Waals surface area (Å²) in [5, 5.41) is 3.43. The molecule has 2 heterocycles. The van der Waals surface area contributed by atoms with Gasteiger partial charge < -0.3 is 5.32 Å². The second kappa shape index (κ2) is 5.96. The predicted octanol–water partition coefficient (Wildman–Crippen LogP) is 5.11. The van der Waals surface area contributed by atoms with Crippen LogP contribution < -0.4 is 5.32 Å². The van der Waals surface area contributed by atoms with Crippen LogP contribution in [0.15, 0.2) is 48.9 Å². The van der Waals surface area contributed by atoms with Gasteiger partial charge in [-0.2, -0.15) is 13.2 Å². The average Bonchev–Trinajstić information content (AvgIpc) is 2.96. The van der Waals surface area contributed by atoms with Gasteiger partial charge in [-0.25, -0.2) is 9.37 Å².